The molecule has 1 unspecified atom stereocenters. The van der Waals surface area contributed by atoms with E-state index in [-0.39, 0.29) is 10.9 Å². The molecule has 0 saturated carbocycles. The molecule has 3 amide bonds. The van der Waals surface area contributed by atoms with Crippen LogP contribution in [-0.2, 0) is 9.59 Å². The fourth-order valence-electron chi connectivity index (χ4n) is 2.18. The van der Waals surface area contributed by atoms with Gasteiger partial charge in [-0.1, -0.05) is 22.9 Å². The minimum atomic E-state index is -1.06. The summed E-state index contributed by atoms with van der Waals surface area (Å²) in [5.74, 6) is -4.47. The average molecular weight is 361 g/mol. The van der Waals surface area contributed by atoms with Gasteiger partial charge in [0, 0.05) is 4.47 Å². The Hall–Kier alpha value is -1.83. The standard InChI is InChI=1S/C13H11BrF2N2O3/c1-2-9-12(20)17-10(19)5-18(9)13(21)11-7(15)3-6(14)4-8(11)16/h3-4,9H,2,5H2,1H3,(H,17,19,20). The summed E-state index contributed by atoms with van der Waals surface area (Å²) in [5.41, 5.74) is -0.779. The summed E-state index contributed by atoms with van der Waals surface area (Å²) in [7, 11) is 0. The molecule has 0 bridgehead atoms. The molecule has 0 radical (unpaired) electrons. The number of hydrogen-bond acceptors (Lipinski definition) is 3. The lowest BCUT2D eigenvalue weighted by Gasteiger charge is -2.33. The van der Waals surface area contributed by atoms with E-state index in [1.165, 1.54) is 0 Å². The first kappa shape index (κ1) is 15.6. The number of benzene rings is 1. The number of imide groups is 1. The van der Waals surface area contributed by atoms with Crippen LogP contribution in [0, 0.1) is 11.6 Å². The zero-order valence-electron chi connectivity index (χ0n) is 11.0. The second-order valence-corrected chi connectivity index (χ2v) is 5.43. The van der Waals surface area contributed by atoms with Gasteiger partial charge in [-0.05, 0) is 18.6 Å². The van der Waals surface area contributed by atoms with Crippen molar-refractivity contribution in [1.29, 1.82) is 0 Å². The second kappa shape index (κ2) is 5.88. The van der Waals surface area contributed by atoms with Gasteiger partial charge in [-0.15, -0.1) is 0 Å². The van der Waals surface area contributed by atoms with Gasteiger partial charge in [-0.25, -0.2) is 8.78 Å². The summed E-state index contributed by atoms with van der Waals surface area (Å²) in [5, 5.41) is 2.09. The zero-order chi connectivity index (χ0) is 15.7. The van der Waals surface area contributed by atoms with Crippen LogP contribution in [-0.4, -0.2) is 35.2 Å². The molecule has 1 fully saturated rings. The Kier molecular flexibility index (Phi) is 4.36. The molecule has 2 rings (SSSR count). The van der Waals surface area contributed by atoms with Crippen molar-refractivity contribution in [3.05, 3.63) is 33.8 Å². The molecule has 1 atom stereocenters. The third-order valence-electron chi connectivity index (χ3n) is 3.12. The third-order valence-corrected chi connectivity index (χ3v) is 3.58. The van der Waals surface area contributed by atoms with E-state index in [2.05, 4.69) is 21.2 Å². The van der Waals surface area contributed by atoms with Gasteiger partial charge in [-0.3, -0.25) is 19.7 Å². The maximum atomic E-state index is 13.8. The molecule has 0 spiro atoms. The molecule has 0 aromatic heterocycles. The van der Waals surface area contributed by atoms with E-state index in [1.807, 2.05) is 0 Å². The Morgan fingerprint density at radius 2 is 1.95 bits per heavy atom. The Labute approximate surface area is 127 Å². The Balaban J connectivity index is 2.43. The van der Waals surface area contributed by atoms with Gasteiger partial charge >= 0.3 is 0 Å². The second-order valence-electron chi connectivity index (χ2n) is 4.51. The largest absolute Gasteiger partial charge is 0.317 e. The van der Waals surface area contributed by atoms with Crippen LogP contribution < -0.4 is 5.32 Å². The van der Waals surface area contributed by atoms with Crippen molar-refractivity contribution in [1.82, 2.24) is 10.2 Å². The number of hydrogen-bond donors (Lipinski definition) is 1. The molecule has 1 aromatic rings. The molecule has 1 aliphatic heterocycles. The topological polar surface area (TPSA) is 66.5 Å². The molecule has 0 aliphatic carbocycles. The van der Waals surface area contributed by atoms with Gasteiger partial charge in [-0.2, -0.15) is 0 Å². The summed E-state index contributed by atoms with van der Waals surface area (Å²) in [6, 6.07) is 0.962. The Bertz CT molecular complexity index is 613. The third kappa shape index (κ3) is 2.94. The Morgan fingerprint density at radius 3 is 2.48 bits per heavy atom. The average Bonchev–Trinajstić information content (AvgIpc) is 2.36. The van der Waals surface area contributed by atoms with Crippen molar-refractivity contribution in [2.75, 3.05) is 6.54 Å². The lowest BCUT2D eigenvalue weighted by atomic mass is 10.1. The molecule has 5 nitrogen and oxygen atoms in total. The van der Waals surface area contributed by atoms with Crippen molar-refractivity contribution in [3.63, 3.8) is 0 Å². The van der Waals surface area contributed by atoms with E-state index >= 15 is 0 Å². The van der Waals surface area contributed by atoms with Crippen LogP contribution in [0.25, 0.3) is 0 Å². The predicted molar refractivity (Wildman–Crippen MR) is 72.3 cm³/mol. The monoisotopic (exact) mass is 360 g/mol. The van der Waals surface area contributed by atoms with E-state index in [4.69, 9.17) is 0 Å². The number of carbonyl (C=O) groups is 3. The van der Waals surface area contributed by atoms with Gasteiger partial charge in [0.15, 0.2) is 0 Å². The normalized spacial score (nSPS) is 18.7. The molecule has 1 heterocycles. The summed E-state index contributed by atoms with van der Waals surface area (Å²) >= 11 is 2.91. The van der Waals surface area contributed by atoms with Crippen molar-refractivity contribution in [3.8, 4) is 0 Å². The van der Waals surface area contributed by atoms with E-state index in [9.17, 15) is 23.2 Å². The van der Waals surface area contributed by atoms with Crippen LogP contribution >= 0.6 is 15.9 Å². The van der Waals surface area contributed by atoms with E-state index in [0.29, 0.717) is 0 Å². The van der Waals surface area contributed by atoms with E-state index in [1.54, 1.807) is 6.92 Å². The molecule has 1 N–H and O–H groups in total. The number of amides is 3. The van der Waals surface area contributed by atoms with Crippen LogP contribution in [0.2, 0.25) is 0 Å². The minimum absolute atomic E-state index is 0.147. The van der Waals surface area contributed by atoms with Gasteiger partial charge in [0.05, 0.1) is 0 Å². The molecule has 21 heavy (non-hydrogen) atoms. The Morgan fingerprint density at radius 1 is 1.38 bits per heavy atom. The first-order chi connectivity index (χ1) is 9.85. The predicted octanol–water partition coefficient (Wildman–Crippen LogP) is 1.60. The molecule has 112 valence electrons. The van der Waals surface area contributed by atoms with Crippen LogP contribution in [0.4, 0.5) is 8.78 Å². The first-order valence-corrected chi connectivity index (χ1v) is 6.93. The highest BCUT2D eigenvalue weighted by molar-refractivity contribution is 9.10. The minimum Gasteiger partial charge on any atom is -0.317 e. The number of piperazine rings is 1. The van der Waals surface area contributed by atoms with Crippen molar-refractivity contribution >= 4 is 33.7 Å². The van der Waals surface area contributed by atoms with Crippen molar-refractivity contribution in [2.24, 2.45) is 0 Å². The highest BCUT2D eigenvalue weighted by Crippen LogP contribution is 2.23. The summed E-state index contributed by atoms with van der Waals surface area (Å²) in [6.07, 6.45) is 0.227. The van der Waals surface area contributed by atoms with Crippen LogP contribution in [0.5, 0.6) is 0 Å². The van der Waals surface area contributed by atoms with Gasteiger partial charge in [0.1, 0.15) is 29.8 Å². The molecule has 8 heteroatoms. The summed E-state index contributed by atoms with van der Waals surface area (Å²) < 4.78 is 27.8. The SMILES string of the molecule is CCC1C(=O)NC(=O)CN1C(=O)c1c(F)cc(Br)cc1F. The van der Waals surface area contributed by atoms with Gasteiger partial charge in [0.25, 0.3) is 5.91 Å². The van der Waals surface area contributed by atoms with E-state index < -0.39 is 47.5 Å². The van der Waals surface area contributed by atoms with E-state index in [0.717, 1.165) is 17.0 Å². The number of nitrogens with one attached hydrogen (secondary N) is 1. The van der Waals surface area contributed by atoms with Crippen LogP contribution in [0.3, 0.4) is 0 Å². The fraction of sp³-hybridized carbons (Fsp3) is 0.308. The van der Waals surface area contributed by atoms with Crippen molar-refractivity contribution in [2.45, 2.75) is 19.4 Å². The summed E-state index contributed by atoms with van der Waals surface area (Å²) in [6.45, 7) is 1.21. The van der Waals surface area contributed by atoms with Gasteiger partial charge < -0.3 is 4.90 Å². The maximum Gasteiger partial charge on any atom is 0.260 e. The maximum absolute atomic E-state index is 13.8. The van der Waals surface area contributed by atoms with Crippen LogP contribution in [0.15, 0.2) is 16.6 Å². The lowest BCUT2D eigenvalue weighted by Crippen LogP contribution is -2.59. The first-order valence-electron chi connectivity index (χ1n) is 6.14. The molecular formula is C13H11BrF2N2O3. The highest BCUT2D eigenvalue weighted by atomic mass is 79.9. The number of rotatable bonds is 2. The van der Waals surface area contributed by atoms with Crippen molar-refractivity contribution < 1.29 is 23.2 Å². The zero-order valence-corrected chi connectivity index (χ0v) is 12.5. The summed E-state index contributed by atoms with van der Waals surface area (Å²) in [4.78, 5) is 36.3. The quantitative estimate of drug-likeness (QED) is 0.814. The lowest BCUT2D eigenvalue weighted by molar-refractivity contribution is -0.138. The molecular weight excluding hydrogens is 350 g/mol. The molecule has 1 aliphatic rings. The highest BCUT2D eigenvalue weighted by Gasteiger charge is 2.37. The molecule has 1 saturated heterocycles. The fourth-order valence-corrected chi connectivity index (χ4v) is 2.58. The molecule has 1 aromatic carbocycles. The smallest absolute Gasteiger partial charge is 0.260 e. The number of carbonyl (C=O) groups excluding carboxylic acids is 3. The van der Waals surface area contributed by atoms with Gasteiger partial charge in [0.2, 0.25) is 11.8 Å². The van der Waals surface area contributed by atoms with Crippen LogP contribution in [0.1, 0.15) is 23.7 Å². The number of nitrogens with zero attached hydrogens (tertiary/aromatic N) is 1. The number of halogens is 3.